The van der Waals surface area contributed by atoms with Crippen LogP contribution in [-0.4, -0.2) is 10.2 Å². The van der Waals surface area contributed by atoms with Crippen molar-refractivity contribution in [3.05, 3.63) is 47.7 Å². The van der Waals surface area contributed by atoms with E-state index in [0.29, 0.717) is 5.82 Å². The second kappa shape index (κ2) is 4.01. The van der Waals surface area contributed by atoms with Gasteiger partial charge in [-0.2, -0.15) is 0 Å². The summed E-state index contributed by atoms with van der Waals surface area (Å²) in [4.78, 5) is 0. The van der Waals surface area contributed by atoms with Crippen LogP contribution in [0.5, 0.6) is 0 Å². The minimum absolute atomic E-state index is 0.519. The number of aromatic nitrogens is 2. The van der Waals surface area contributed by atoms with Crippen molar-refractivity contribution in [3.8, 4) is 11.1 Å². The van der Waals surface area contributed by atoms with Crippen molar-refractivity contribution in [1.29, 1.82) is 0 Å². The summed E-state index contributed by atoms with van der Waals surface area (Å²) in [6, 6.07) is 10.2. The highest BCUT2D eigenvalue weighted by atomic mass is 15.1. The number of hydrogen-bond donors (Lipinski definition) is 1. The van der Waals surface area contributed by atoms with Gasteiger partial charge in [-0.3, -0.25) is 0 Å². The fourth-order valence-corrected chi connectivity index (χ4v) is 2.24. The van der Waals surface area contributed by atoms with Gasteiger partial charge in [-0.25, -0.2) is 0 Å². The normalized spacial score (nSPS) is 13.4. The molecule has 0 radical (unpaired) electrons. The summed E-state index contributed by atoms with van der Waals surface area (Å²) in [6.07, 6.45) is 6.17. The SMILES string of the molecule is Nc1nnc2c(c1-c1ccccc1)CCC=C2. The van der Waals surface area contributed by atoms with Crippen molar-refractivity contribution in [2.24, 2.45) is 0 Å². The van der Waals surface area contributed by atoms with Gasteiger partial charge in [0, 0.05) is 5.56 Å². The molecule has 1 heterocycles. The van der Waals surface area contributed by atoms with Crippen LogP contribution in [0.2, 0.25) is 0 Å². The zero-order chi connectivity index (χ0) is 11.7. The smallest absolute Gasteiger partial charge is 0.154 e. The van der Waals surface area contributed by atoms with Gasteiger partial charge in [0.15, 0.2) is 5.82 Å². The standard InChI is InChI=1S/C14H13N3/c15-14-13(10-6-2-1-3-7-10)11-8-4-5-9-12(11)16-17-14/h1-3,5-7,9H,4,8H2,(H2,15,17). The lowest BCUT2D eigenvalue weighted by molar-refractivity contribution is 0.922. The monoisotopic (exact) mass is 223 g/mol. The van der Waals surface area contributed by atoms with Crippen LogP contribution in [-0.2, 0) is 6.42 Å². The summed E-state index contributed by atoms with van der Waals surface area (Å²) in [5, 5.41) is 8.19. The van der Waals surface area contributed by atoms with E-state index in [4.69, 9.17) is 5.73 Å². The molecule has 0 unspecified atom stereocenters. The third kappa shape index (κ3) is 1.69. The highest BCUT2D eigenvalue weighted by molar-refractivity contribution is 5.79. The van der Waals surface area contributed by atoms with Crippen LogP contribution in [0.1, 0.15) is 17.7 Å². The van der Waals surface area contributed by atoms with Crippen LogP contribution in [0.15, 0.2) is 36.4 Å². The Kier molecular flexibility index (Phi) is 2.37. The topological polar surface area (TPSA) is 51.8 Å². The quantitative estimate of drug-likeness (QED) is 0.808. The summed E-state index contributed by atoms with van der Waals surface area (Å²) in [5.74, 6) is 0.519. The van der Waals surface area contributed by atoms with E-state index in [2.05, 4.69) is 28.4 Å². The molecule has 2 N–H and O–H groups in total. The molecule has 0 spiro atoms. The van der Waals surface area contributed by atoms with Crippen LogP contribution >= 0.6 is 0 Å². The number of allylic oxidation sites excluding steroid dienone is 1. The Balaban J connectivity index is 2.26. The first kappa shape index (κ1) is 10.0. The molecule has 3 rings (SSSR count). The highest BCUT2D eigenvalue weighted by Gasteiger charge is 2.16. The van der Waals surface area contributed by atoms with E-state index in [1.807, 2.05) is 24.3 Å². The fourth-order valence-electron chi connectivity index (χ4n) is 2.24. The fraction of sp³-hybridized carbons (Fsp3) is 0.143. The number of nitrogens with zero attached hydrogens (tertiary/aromatic N) is 2. The molecule has 1 aromatic heterocycles. The lowest BCUT2D eigenvalue weighted by atomic mass is 9.93. The van der Waals surface area contributed by atoms with E-state index in [-0.39, 0.29) is 0 Å². The Morgan fingerprint density at radius 3 is 2.71 bits per heavy atom. The molecule has 1 aliphatic carbocycles. The second-order valence-corrected chi connectivity index (χ2v) is 4.13. The van der Waals surface area contributed by atoms with Crippen LogP contribution < -0.4 is 5.73 Å². The van der Waals surface area contributed by atoms with E-state index in [1.165, 1.54) is 5.56 Å². The van der Waals surface area contributed by atoms with Gasteiger partial charge >= 0.3 is 0 Å². The van der Waals surface area contributed by atoms with Crippen LogP contribution in [0.25, 0.3) is 17.2 Å². The van der Waals surface area contributed by atoms with E-state index in [9.17, 15) is 0 Å². The highest BCUT2D eigenvalue weighted by Crippen LogP contribution is 2.32. The average molecular weight is 223 g/mol. The van der Waals surface area contributed by atoms with Crippen molar-refractivity contribution in [2.75, 3.05) is 5.73 Å². The van der Waals surface area contributed by atoms with Crippen molar-refractivity contribution in [2.45, 2.75) is 12.8 Å². The number of nitrogen functional groups attached to an aromatic ring is 1. The molecule has 0 saturated heterocycles. The van der Waals surface area contributed by atoms with Gasteiger partial charge in [-0.1, -0.05) is 36.4 Å². The van der Waals surface area contributed by atoms with Gasteiger partial charge in [0.2, 0.25) is 0 Å². The molecule has 3 heteroatoms. The predicted molar refractivity (Wildman–Crippen MR) is 69.2 cm³/mol. The van der Waals surface area contributed by atoms with Crippen LogP contribution in [0.3, 0.4) is 0 Å². The zero-order valence-corrected chi connectivity index (χ0v) is 9.43. The summed E-state index contributed by atoms with van der Waals surface area (Å²) < 4.78 is 0. The maximum absolute atomic E-state index is 5.98. The number of benzene rings is 1. The van der Waals surface area contributed by atoms with E-state index in [1.54, 1.807) is 0 Å². The first-order chi connectivity index (χ1) is 8.36. The summed E-state index contributed by atoms with van der Waals surface area (Å²) in [6.45, 7) is 0. The van der Waals surface area contributed by atoms with Gasteiger partial charge in [-0.05, 0) is 30.0 Å². The summed E-state index contributed by atoms with van der Waals surface area (Å²) >= 11 is 0. The Morgan fingerprint density at radius 1 is 1.06 bits per heavy atom. The molecule has 84 valence electrons. The molecule has 0 saturated carbocycles. The summed E-state index contributed by atoms with van der Waals surface area (Å²) in [7, 11) is 0. The molecule has 1 aliphatic rings. The molecular formula is C14H13N3. The second-order valence-electron chi connectivity index (χ2n) is 4.13. The number of hydrogen-bond acceptors (Lipinski definition) is 3. The largest absolute Gasteiger partial charge is 0.382 e. The zero-order valence-electron chi connectivity index (χ0n) is 9.43. The van der Waals surface area contributed by atoms with E-state index >= 15 is 0 Å². The number of anilines is 1. The molecule has 17 heavy (non-hydrogen) atoms. The third-order valence-electron chi connectivity index (χ3n) is 3.03. The maximum Gasteiger partial charge on any atom is 0.154 e. The minimum atomic E-state index is 0.519. The number of nitrogens with two attached hydrogens (primary N) is 1. The third-order valence-corrected chi connectivity index (χ3v) is 3.03. The molecule has 0 atom stereocenters. The molecule has 0 fully saturated rings. The van der Waals surface area contributed by atoms with Gasteiger partial charge in [0.1, 0.15) is 0 Å². The van der Waals surface area contributed by atoms with Gasteiger partial charge in [-0.15, -0.1) is 10.2 Å². The lowest BCUT2D eigenvalue weighted by Crippen LogP contribution is -2.06. The molecule has 3 nitrogen and oxygen atoms in total. The van der Waals surface area contributed by atoms with Gasteiger partial charge in [0.25, 0.3) is 0 Å². The molecular weight excluding hydrogens is 210 g/mol. The Morgan fingerprint density at radius 2 is 1.88 bits per heavy atom. The molecule has 0 aliphatic heterocycles. The van der Waals surface area contributed by atoms with Crippen LogP contribution in [0, 0.1) is 0 Å². The molecule has 1 aromatic carbocycles. The van der Waals surface area contributed by atoms with Crippen molar-refractivity contribution in [3.63, 3.8) is 0 Å². The molecule has 0 amide bonds. The first-order valence-corrected chi connectivity index (χ1v) is 5.73. The average Bonchev–Trinajstić information content (AvgIpc) is 2.39. The van der Waals surface area contributed by atoms with E-state index in [0.717, 1.165) is 29.7 Å². The maximum atomic E-state index is 5.98. The predicted octanol–water partition coefficient (Wildman–Crippen LogP) is 2.69. The first-order valence-electron chi connectivity index (χ1n) is 5.73. The van der Waals surface area contributed by atoms with Gasteiger partial charge < -0.3 is 5.73 Å². The number of fused-ring (bicyclic) bond motifs is 1. The Hall–Kier alpha value is -2.16. The van der Waals surface area contributed by atoms with Crippen LogP contribution in [0.4, 0.5) is 5.82 Å². The Bertz CT molecular complexity index is 574. The Labute approximate surface area is 100 Å². The minimum Gasteiger partial charge on any atom is -0.382 e. The van der Waals surface area contributed by atoms with E-state index < -0.39 is 0 Å². The number of rotatable bonds is 1. The molecule has 2 aromatic rings. The van der Waals surface area contributed by atoms with Crippen molar-refractivity contribution < 1.29 is 0 Å². The van der Waals surface area contributed by atoms with Gasteiger partial charge in [0.05, 0.1) is 5.69 Å². The van der Waals surface area contributed by atoms with Crippen molar-refractivity contribution in [1.82, 2.24) is 10.2 Å². The summed E-state index contributed by atoms with van der Waals surface area (Å²) in [5.41, 5.74) is 10.3. The van der Waals surface area contributed by atoms with Crippen molar-refractivity contribution >= 4 is 11.9 Å². The molecule has 0 bridgehead atoms. The lowest BCUT2D eigenvalue weighted by Gasteiger charge is -2.15.